The summed E-state index contributed by atoms with van der Waals surface area (Å²) in [7, 11) is 2.99. The Labute approximate surface area is 168 Å². The zero-order chi connectivity index (χ0) is 21.0. The fourth-order valence-corrected chi connectivity index (χ4v) is 3.21. The van der Waals surface area contributed by atoms with Crippen molar-refractivity contribution in [1.29, 1.82) is 0 Å². The van der Waals surface area contributed by atoms with Crippen LogP contribution in [0.15, 0.2) is 57.7 Å². The highest BCUT2D eigenvalue weighted by atomic mass is 16.5. The Balaban J connectivity index is 2.00. The maximum absolute atomic E-state index is 13.0. The lowest BCUT2D eigenvalue weighted by atomic mass is 10.0. The molecule has 0 bridgehead atoms. The van der Waals surface area contributed by atoms with Gasteiger partial charge in [-0.2, -0.15) is 0 Å². The third kappa shape index (κ3) is 4.21. The zero-order valence-corrected chi connectivity index (χ0v) is 16.7. The highest BCUT2D eigenvalue weighted by Gasteiger charge is 2.20. The Morgan fingerprint density at radius 3 is 2.48 bits per heavy atom. The van der Waals surface area contributed by atoms with Crippen LogP contribution in [-0.2, 0) is 9.53 Å². The molecule has 150 valence electrons. The highest BCUT2D eigenvalue weighted by Crippen LogP contribution is 2.27. The molecule has 0 N–H and O–H groups in total. The van der Waals surface area contributed by atoms with Crippen molar-refractivity contribution in [3.63, 3.8) is 0 Å². The summed E-state index contributed by atoms with van der Waals surface area (Å²) in [6, 6.07) is 14.3. The number of esters is 1. The van der Waals surface area contributed by atoms with Crippen molar-refractivity contribution in [1.82, 2.24) is 4.90 Å². The second-order valence-electron chi connectivity index (χ2n) is 6.84. The Morgan fingerprint density at radius 2 is 1.79 bits per heavy atom. The number of benzene rings is 2. The minimum atomic E-state index is -0.315. The van der Waals surface area contributed by atoms with E-state index in [-0.39, 0.29) is 29.3 Å². The van der Waals surface area contributed by atoms with E-state index in [1.807, 2.05) is 30.3 Å². The second-order valence-corrected chi connectivity index (χ2v) is 6.84. The number of hydrogen-bond donors (Lipinski definition) is 0. The lowest BCUT2D eigenvalue weighted by molar-refractivity contribution is -0.140. The fraction of sp³-hybridized carbons (Fsp3) is 0.261. The summed E-state index contributed by atoms with van der Waals surface area (Å²) in [5.41, 5.74) is 1.70. The predicted octanol–water partition coefficient (Wildman–Crippen LogP) is 3.79. The van der Waals surface area contributed by atoms with Gasteiger partial charge >= 0.3 is 5.97 Å². The van der Waals surface area contributed by atoms with Gasteiger partial charge in [0.05, 0.1) is 18.1 Å². The number of amides is 1. The topological polar surface area (TPSA) is 76.8 Å². The van der Waals surface area contributed by atoms with Crippen molar-refractivity contribution < 1.29 is 18.7 Å². The number of para-hydroxylation sites is 1. The molecule has 2 aromatic carbocycles. The van der Waals surface area contributed by atoms with Crippen molar-refractivity contribution in [2.45, 2.75) is 19.8 Å². The first kappa shape index (κ1) is 20.3. The molecule has 6 heteroatoms. The Morgan fingerprint density at radius 1 is 1.07 bits per heavy atom. The van der Waals surface area contributed by atoms with E-state index in [9.17, 15) is 14.4 Å². The molecular formula is C23H23NO5. The van der Waals surface area contributed by atoms with Gasteiger partial charge in [-0.15, -0.1) is 0 Å². The average Bonchev–Trinajstić information content (AvgIpc) is 2.75. The zero-order valence-electron chi connectivity index (χ0n) is 16.7. The first-order chi connectivity index (χ1) is 13.9. The van der Waals surface area contributed by atoms with Crippen LogP contribution in [0.4, 0.5) is 0 Å². The quantitative estimate of drug-likeness (QED) is 0.596. The number of rotatable bonds is 6. The molecule has 0 aliphatic rings. The van der Waals surface area contributed by atoms with Crippen molar-refractivity contribution in [2.75, 3.05) is 20.7 Å². The molecule has 0 saturated heterocycles. The molecular weight excluding hydrogens is 370 g/mol. The lowest BCUT2D eigenvalue weighted by Crippen LogP contribution is -2.28. The summed E-state index contributed by atoms with van der Waals surface area (Å²) >= 11 is 0. The summed E-state index contributed by atoms with van der Waals surface area (Å²) in [5, 5.41) is 0.371. The Bertz CT molecular complexity index is 1100. The van der Waals surface area contributed by atoms with Crippen LogP contribution in [0.25, 0.3) is 22.3 Å². The minimum Gasteiger partial charge on any atom is -0.469 e. The largest absolute Gasteiger partial charge is 0.469 e. The van der Waals surface area contributed by atoms with E-state index in [0.29, 0.717) is 35.2 Å². The SMILES string of the molecule is COC(=O)CCCN(C)C(=O)c1cccc2c(=O)c(C)c(-c3ccccc3)oc12. The van der Waals surface area contributed by atoms with Crippen LogP contribution < -0.4 is 5.43 Å². The smallest absolute Gasteiger partial charge is 0.305 e. The third-order valence-corrected chi connectivity index (χ3v) is 4.86. The molecule has 3 rings (SSSR count). The predicted molar refractivity (Wildman–Crippen MR) is 111 cm³/mol. The van der Waals surface area contributed by atoms with Crippen LogP contribution in [0, 0.1) is 6.92 Å². The fourth-order valence-electron chi connectivity index (χ4n) is 3.21. The summed E-state index contributed by atoms with van der Waals surface area (Å²) < 4.78 is 10.7. The van der Waals surface area contributed by atoms with Crippen molar-refractivity contribution in [3.8, 4) is 11.3 Å². The molecule has 0 atom stereocenters. The Hall–Kier alpha value is -3.41. The number of hydrogen-bond acceptors (Lipinski definition) is 5. The molecule has 0 aliphatic carbocycles. The summed E-state index contributed by atoms with van der Waals surface area (Å²) in [6.07, 6.45) is 0.716. The van der Waals surface area contributed by atoms with Gasteiger partial charge in [-0.05, 0) is 25.5 Å². The number of carbonyl (C=O) groups excluding carboxylic acids is 2. The van der Waals surface area contributed by atoms with Crippen LogP contribution in [0.2, 0.25) is 0 Å². The molecule has 6 nitrogen and oxygen atoms in total. The molecule has 1 heterocycles. The molecule has 0 aliphatic heterocycles. The summed E-state index contributed by atoms with van der Waals surface area (Å²) in [5.74, 6) is -0.131. The van der Waals surface area contributed by atoms with Crippen LogP contribution >= 0.6 is 0 Å². The molecule has 0 saturated carbocycles. The Kier molecular flexibility index (Phi) is 6.12. The lowest BCUT2D eigenvalue weighted by Gasteiger charge is -2.18. The van der Waals surface area contributed by atoms with E-state index in [2.05, 4.69) is 4.74 Å². The van der Waals surface area contributed by atoms with Gasteiger partial charge in [0, 0.05) is 31.1 Å². The van der Waals surface area contributed by atoms with Crippen molar-refractivity contribution >= 4 is 22.8 Å². The van der Waals surface area contributed by atoms with E-state index in [0.717, 1.165) is 5.56 Å². The monoisotopic (exact) mass is 393 g/mol. The van der Waals surface area contributed by atoms with Gasteiger partial charge in [-0.25, -0.2) is 0 Å². The number of methoxy groups -OCH3 is 1. The van der Waals surface area contributed by atoms with Crippen LogP contribution in [0.1, 0.15) is 28.8 Å². The molecule has 0 spiro atoms. The van der Waals surface area contributed by atoms with Gasteiger partial charge in [0.2, 0.25) is 0 Å². The van der Waals surface area contributed by atoms with Gasteiger partial charge in [0.1, 0.15) is 5.76 Å². The third-order valence-electron chi connectivity index (χ3n) is 4.86. The van der Waals surface area contributed by atoms with Crippen molar-refractivity contribution in [2.24, 2.45) is 0 Å². The molecule has 0 fully saturated rings. The van der Waals surface area contributed by atoms with Crippen molar-refractivity contribution in [3.05, 3.63) is 69.9 Å². The second kappa shape index (κ2) is 8.73. The van der Waals surface area contributed by atoms with E-state index in [1.54, 1.807) is 32.2 Å². The number of fused-ring (bicyclic) bond motifs is 1. The van der Waals surface area contributed by atoms with Gasteiger partial charge in [0.25, 0.3) is 5.91 Å². The average molecular weight is 393 g/mol. The molecule has 29 heavy (non-hydrogen) atoms. The molecule has 3 aromatic rings. The molecule has 0 radical (unpaired) electrons. The molecule has 1 aromatic heterocycles. The molecule has 0 unspecified atom stereocenters. The number of carbonyl (C=O) groups is 2. The van der Waals surface area contributed by atoms with Gasteiger partial charge < -0.3 is 14.1 Å². The summed E-state index contributed by atoms with van der Waals surface area (Å²) in [4.78, 5) is 38.7. The van der Waals surface area contributed by atoms with Gasteiger partial charge in [0.15, 0.2) is 11.0 Å². The van der Waals surface area contributed by atoms with Gasteiger partial charge in [-0.1, -0.05) is 36.4 Å². The minimum absolute atomic E-state index is 0.159. The van der Waals surface area contributed by atoms with E-state index < -0.39 is 0 Å². The molecule has 1 amide bonds. The first-order valence-corrected chi connectivity index (χ1v) is 9.38. The summed E-state index contributed by atoms with van der Waals surface area (Å²) in [6.45, 7) is 2.10. The number of ether oxygens (including phenoxy) is 1. The van der Waals surface area contributed by atoms with Crippen LogP contribution in [0.3, 0.4) is 0 Å². The highest BCUT2D eigenvalue weighted by molar-refractivity contribution is 6.05. The first-order valence-electron chi connectivity index (χ1n) is 9.38. The van der Waals surface area contributed by atoms with Gasteiger partial charge in [-0.3, -0.25) is 14.4 Å². The number of nitrogens with zero attached hydrogens (tertiary/aromatic N) is 1. The van der Waals surface area contributed by atoms with E-state index >= 15 is 0 Å². The maximum atomic E-state index is 13.0. The standard InChI is InChI=1S/C23H23NO5/c1-15-20(26)17-11-7-12-18(23(27)24(2)14-8-13-19(25)28-3)22(17)29-21(15)16-9-5-4-6-10-16/h4-7,9-12H,8,13-14H2,1-3H3. The van der Waals surface area contributed by atoms with E-state index in [4.69, 9.17) is 4.42 Å². The maximum Gasteiger partial charge on any atom is 0.305 e. The van der Waals surface area contributed by atoms with E-state index in [1.165, 1.54) is 12.0 Å². The van der Waals surface area contributed by atoms with Crippen LogP contribution in [-0.4, -0.2) is 37.5 Å². The normalized spacial score (nSPS) is 10.7. The van der Waals surface area contributed by atoms with Crippen LogP contribution in [0.5, 0.6) is 0 Å².